The van der Waals surface area contributed by atoms with Crippen LogP contribution in [0.25, 0.3) is 0 Å². The maximum Gasteiger partial charge on any atom is 0.119 e. The number of hydrogen-bond acceptors (Lipinski definition) is 2. The molecule has 0 radical (unpaired) electrons. The Hall–Kier alpha value is -1.09. The maximum absolute atomic E-state index is 9.19. The molecule has 0 aliphatic carbocycles. The Bertz CT molecular complexity index is 248. The maximum atomic E-state index is 9.19. The quantitative estimate of drug-likeness (QED) is 0.813. The molecule has 2 nitrogen and oxygen atoms in total. The van der Waals surface area contributed by atoms with Crippen molar-refractivity contribution in [1.29, 1.82) is 0 Å². The molecule has 0 atom stereocenters. The minimum Gasteiger partial charge on any atom is -0.508 e. The van der Waals surface area contributed by atoms with E-state index < -0.39 is 0 Å². The molecule has 0 aromatic heterocycles. The minimum atomic E-state index is 0. The Morgan fingerprint density at radius 3 is 2.31 bits per heavy atom. The third-order valence-corrected chi connectivity index (χ3v) is 1.36. The van der Waals surface area contributed by atoms with Gasteiger partial charge in [0.1, 0.15) is 12.5 Å². The van der Waals surface area contributed by atoms with Crippen molar-refractivity contribution in [2.24, 2.45) is 0 Å². The summed E-state index contributed by atoms with van der Waals surface area (Å²) in [5, 5.41) is 9.19. The molecule has 72 valence electrons. The van der Waals surface area contributed by atoms with Gasteiger partial charge in [0.05, 0.1) is 0 Å². The predicted molar refractivity (Wildman–Crippen MR) is 59.5 cm³/mol. The van der Waals surface area contributed by atoms with Crippen LogP contribution < -0.4 is 0 Å². The zero-order valence-electron chi connectivity index (χ0n) is 7.27. The minimum absolute atomic E-state index is 0. The Kier molecular flexibility index (Phi) is 10.00. The molecule has 0 amide bonds. The van der Waals surface area contributed by atoms with Crippen LogP contribution in [0, 0.1) is 0 Å². The predicted octanol–water partition coefficient (Wildman–Crippen LogP) is 2.51. The van der Waals surface area contributed by atoms with Crippen LogP contribution in [0.3, 0.4) is 0 Å². The molecule has 0 heterocycles. The molecular formula is C10H13BrO2. The van der Waals surface area contributed by atoms with Crippen LogP contribution in [0.2, 0.25) is 0 Å². The highest BCUT2D eigenvalue weighted by atomic mass is 79.9. The molecule has 1 N–H and O–H groups in total. The lowest BCUT2D eigenvalue weighted by atomic mass is 10.1. The summed E-state index contributed by atoms with van der Waals surface area (Å²) < 4.78 is 0. The smallest absolute Gasteiger partial charge is 0.119 e. The lowest BCUT2D eigenvalue weighted by Crippen LogP contribution is -1.79. The highest BCUT2D eigenvalue weighted by molar-refractivity contribution is 8.93. The van der Waals surface area contributed by atoms with Crippen LogP contribution in [0.1, 0.15) is 5.56 Å². The van der Waals surface area contributed by atoms with Crippen molar-refractivity contribution in [2.45, 2.75) is 6.42 Å². The van der Waals surface area contributed by atoms with E-state index in [0.717, 1.165) is 12.0 Å². The van der Waals surface area contributed by atoms with Gasteiger partial charge in [-0.2, -0.15) is 0 Å². The van der Waals surface area contributed by atoms with Gasteiger partial charge in [-0.3, -0.25) is 0 Å². The first kappa shape index (κ1) is 14.4. The zero-order chi connectivity index (χ0) is 9.40. The average Bonchev–Trinajstić information content (AvgIpc) is 2.13. The van der Waals surface area contributed by atoms with Crippen LogP contribution >= 0.6 is 17.0 Å². The molecule has 0 unspecified atom stereocenters. The topological polar surface area (TPSA) is 37.3 Å². The number of hydrogen-bond donors (Lipinski definition) is 1. The molecule has 0 fully saturated rings. The van der Waals surface area contributed by atoms with Gasteiger partial charge in [-0.25, -0.2) is 0 Å². The van der Waals surface area contributed by atoms with Crippen molar-refractivity contribution in [3.63, 3.8) is 0 Å². The van der Waals surface area contributed by atoms with Crippen LogP contribution in [-0.4, -0.2) is 11.9 Å². The fourth-order valence-corrected chi connectivity index (χ4v) is 0.839. The van der Waals surface area contributed by atoms with E-state index in [-0.39, 0.29) is 17.0 Å². The van der Waals surface area contributed by atoms with Gasteiger partial charge in [-0.15, -0.1) is 23.6 Å². The van der Waals surface area contributed by atoms with Crippen molar-refractivity contribution >= 4 is 23.8 Å². The molecule has 0 aliphatic rings. The fourth-order valence-electron chi connectivity index (χ4n) is 0.839. The average molecular weight is 245 g/mol. The first-order valence-corrected chi connectivity index (χ1v) is 3.51. The summed E-state index contributed by atoms with van der Waals surface area (Å²) in [7, 11) is 0. The van der Waals surface area contributed by atoms with Gasteiger partial charge in [0.2, 0.25) is 0 Å². The van der Waals surface area contributed by atoms with Gasteiger partial charge in [-0.05, 0) is 18.1 Å². The summed E-state index contributed by atoms with van der Waals surface area (Å²) in [6.45, 7) is 5.59. The van der Waals surface area contributed by atoms with Crippen LogP contribution in [0.5, 0.6) is 5.75 Å². The number of phenols is 1. The number of phenolic OH excluding ortho intramolecular Hbond substituents is 1. The third-order valence-electron chi connectivity index (χ3n) is 1.36. The van der Waals surface area contributed by atoms with E-state index >= 15 is 0 Å². The van der Waals surface area contributed by atoms with Crippen molar-refractivity contribution < 1.29 is 9.90 Å². The largest absolute Gasteiger partial charge is 0.508 e. The van der Waals surface area contributed by atoms with Gasteiger partial charge in [0.15, 0.2) is 0 Å². The normalized spacial score (nSPS) is 7.38. The Morgan fingerprint density at radius 1 is 1.31 bits per heavy atom. The summed E-state index contributed by atoms with van der Waals surface area (Å²) in [6.07, 6.45) is 2.50. The molecule has 3 heteroatoms. The number of allylic oxidation sites excluding steroid dienone is 1. The Balaban J connectivity index is 0. The Labute approximate surface area is 88.7 Å². The zero-order valence-corrected chi connectivity index (χ0v) is 8.98. The van der Waals surface area contributed by atoms with Gasteiger partial charge in [0, 0.05) is 0 Å². The van der Waals surface area contributed by atoms with Crippen molar-refractivity contribution in [3.05, 3.63) is 42.5 Å². The summed E-state index contributed by atoms with van der Waals surface area (Å²) in [6, 6.07) is 7.27. The first-order valence-electron chi connectivity index (χ1n) is 3.51. The second-order valence-corrected chi connectivity index (χ2v) is 2.12. The number of carbonyl (C=O) groups excluding carboxylic acids is 1. The van der Waals surface area contributed by atoms with Gasteiger partial charge in [-0.1, -0.05) is 24.3 Å². The molecule has 1 rings (SSSR count). The molecule has 0 aliphatic heterocycles. The molecule has 1 aromatic carbocycles. The van der Waals surface area contributed by atoms with Crippen LogP contribution in [-0.2, 0) is 11.2 Å². The lowest BCUT2D eigenvalue weighted by molar-refractivity contribution is -0.0979. The summed E-state index contributed by atoms with van der Waals surface area (Å²) >= 11 is 0. The van der Waals surface area contributed by atoms with E-state index in [0.29, 0.717) is 5.75 Å². The van der Waals surface area contributed by atoms with E-state index in [1.807, 2.05) is 25.0 Å². The number of aromatic hydroxyl groups is 1. The van der Waals surface area contributed by atoms with Crippen molar-refractivity contribution in [1.82, 2.24) is 0 Å². The molecule has 0 bridgehead atoms. The summed E-state index contributed by atoms with van der Waals surface area (Å²) in [5.74, 6) is 0.349. The molecule has 0 saturated heterocycles. The van der Waals surface area contributed by atoms with Crippen LogP contribution in [0.4, 0.5) is 0 Å². The standard InChI is InChI=1S/C9H10O.CH2O.BrH/c1-2-5-8-6-3-4-7-9(8)10;1-2;/h2-4,6-7,10H,1,5H2;1H2;1H. The number of halogens is 1. The van der Waals surface area contributed by atoms with Crippen molar-refractivity contribution in [3.8, 4) is 5.75 Å². The van der Waals surface area contributed by atoms with Gasteiger partial charge in [0.25, 0.3) is 0 Å². The highest BCUT2D eigenvalue weighted by Crippen LogP contribution is 2.15. The first-order chi connectivity index (χ1) is 5.84. The molecule has 1 aromatic rings. The van der Waals surface area contributed by atoms with E-state index in [9.17, 15) is 5.11 Å². The number of carbonyl (C=O) groups is 1. The third kappa shape index (κ3) is 5.20. The second kappa shape index (κ2) is 9.00. The monoisotopic (exact) mass is 244 g/mol. The van der Waals surface area contributed by atoms with Crippen LogP contribution in [0.15, 0.2) is 36.9 Å². The van der Waals surface area contributed by atoms with Crippen molar-refractivity contribution in [2.75, 3.05) is 0 Å². The lowest BCUT2D eigenvalue weighted by Gasteiger charge is -1.97. The molecular weight excluding hydrogens is 232 g/mol. The van der Waals surface area contributed by atoms with E-state index in [2.05, 4.69) is 6.58 Å². The van der Waals surface area contributed by atoms with E-state index in [1.165, 1.54) is 0 Å². The van der Waals surface area contributed by atoms with E-state index in [4.69, 9.17) is 4.79 Å². The SMILES string of the molecule is Br.C=CCc1ccccc1O.C=O. The number of rotatable bonds is 2. The number of benzene rings is 1. The second-order valence-electron chi connectivity index (χ2n) is 2.12. The van der Waals surface area contributed by atoms with Gasteiger partial charge >= 0.3 is 0 Å². The fraction of sp³-hybridized carbons (Fsp3) is 0.100. The van der Waals surface area contributed by atoms with E-state index in [1.54, 1.807) is 12.1 Å². The highest BCUT2D eigenvalue weighted by Gasteiger charge is 1.93. The molecule has 0 spiro atoms. The summed E-state index contributed by atoms with van der Waals surface area (Å²) in [5.41, 5.74) is 0.928. The molecule has 13 heavy (non-hydrogen) atoms. The number of para-hydroxylation sites is 1. The van der Waals surface area contributed by atoms with Gasteiger partial charge < -0.3 is 9.90 Å². The summed E-state index contributed by atoms with van der Waals surface area (Å²) in [4.78, 5) is 8.00. The Morgan fingerprint density at radius 2 is 1.85 bits per heavy atom. The molecule has 0 saturated carbocycles.